The summed E-state index contributed by atoms with van der Waals surface area (Å²) in [7, 11) is -3.50. The first-order valence-corrected chi connectivity index (χ1v) is 8.20. The number of rotatable bonds is 4. The van der Waals surface area contributed by atoms with Crippen LogP contribution >= 0.6 is 11.6 Å². The van der Waals surface area contributed by atoms with Crippen LogP contribution in [0.4, 0.5) is 0 Å². The van der Waals surface area contributed by atoms with E-state index in [1.807, 2.05) is 4.90 Å². The molecule has 9 heteroatoms. The number of amidine groups is 1. The van der Waals surface area contributed by atoms with Crippen LogP contribution in [0.2, 0.25) is 5.02 Å². The molecule has 116 valence electrons. The molecule has 1 saturated heterocycles. The third kappa shape index (κ3) is 3.85. The second-order valence-corrected chi connectivity index (χ2v) is 7.10. The van der Waals surface area contributed by atoms with Gasteiger partial charge in [0.25, 0.3) is 0 Å². The van der Waals surface area contributed by atoms with Crippen LogP contribution in [0, 0.1) is 0 Å². The molecule has 0 amide bonds. The van der Waals surface area contributed by atoms with Crippen molar-refractivity contribution in [1.82, 2.24) is 9.21 Å². The van der Waals surface area contributed by atoms with Gasteiger partial charge >= 0.3 is 0 Å². The van der Waals surface area contributed by atoms with E-state index in [4.69, 9.17) is 22.5 Å². The highest BCUT2D eigenvalue weighted by Crippen LogP contribution is 2.19. The number of hydrogen-bond acceptors (Lipinski definition) is 5. The van der Waals surface area contributed by atoms with Gasteiger partial charge in [-0.1, -0.05) is 16.8 Å². The summed E-state index contributed by atoms with van der Waals surface area (Å²) in [6, 6.07) is 6.12. The molecule has 1 aliphatic heterocycles. The molecule has 7 nitrogen and oxygen atoms in total. The zero-order valence-corrected chi connectivity index (χ0v) is 12.9. The molecule has 0 radical (unpaired) electrons. The SMILES string of the molecule is NC(CN1CCN(S(=O)(=O)c2ccc(Cl)cc2)CC1)=NO. The molecular weight excluding hydrogens is 316 g/mol. The number of sulfonamides is 1. The van der Waals surface area contributed by atoms with Crippen molar-refractivity contribution in [2.75, 3.05) is 32.7 Å². The van der Waals surface area contributed by atoms with Crippen LogP contribution in [-0.4, -0.2) is 61.4 Å². The van der Waals surface area contributed by atoms with Crippen molar-refractivity contribution in [3.63, 3.8) is 0 Å². The molecule has 1 aromatic carbocycles. The summed E-state index contributed by atoms with van der Waals surface area (Å²) in [6.07, 6.45) is 0. The lowest BCUT2D eigenvalue weighted by molar-refractivity contribution is 0.206. The molecule has 0 unspecified atom stereocenters. The Labute approximate surface area is 128 Å². The Morgan fingerprint density at radius 1 is 1.24 bits per heavy atom. The van der Waals surface area contributed by atoms with Crippen LogP contribution in [0.3, 0.4) is 0 Å². The summed E-state index contributed by atoms with van der Waals surface area (Å²) >= 11 is 5.77. The summed E-state index contributed by atoms with van der Waals surface area (Å²) in [5, 5.41) is 11.9. The molecule has 3 N–H and O–H groups in total. The van der Waals surface area contributed by atoms with E-state index in [1.54, 1.807) is 12.1 Å². The molecule has 0 atom stereocenters. The molecule has 0 aromatic heterocycles. The maximum absolute atomic E-state index is 12.5. The van der Waals surface area contributed by atoms with E-state index in [-0.39, 0.29) is 10.7 Å². The van der Waals surface area contributed by atoms with E-state index < -0.39 is 10.0 Å². The number of nitrogens with two attached hydrogens (primary N) is 1. The van der Waals surface area contributed by atoms with E-state index in [0.29, 0.717) is 37.7 Å². The first-order valence-electron chi connectivity index (χ1n) is 6.38. The lowest BCUT2D eigenvalue weighted by Crippen LogP contribution is -2.50. The van der Waals surface area contributed by atoms with Gasteiger partial charge in [-0.15, -0.1) is 0 Å². The minimum Gasteiger partial charge on any atom is -0.409 e. The summed E-state index contributed by atoms with van der Waals surface area (Å²) in [4.78, 5) is 2.17. The van der Waals surface area contributed by atoms with Crippen molar-refractivity contribution in [1.29, 1.82) is 0 Å². The van der Waals surface area contributed by atoms with Crippen LogP contribution in [0.25, 0.3) is 0 Å². The molecule has 0 bridgehead atoms. The largest absolute Gasteiger partial charge is 0.409 e. The Hall–Kier alpha value is -1.35. The first kappa shape index (κ1) is 16.0. The third-order valence-electron chi connectivity index (χ3n) is 3.30. The highest BCUT2D eigenvalue weighted by molar-refractivity contribution is 7.89. The fourth-order valence-corrected chi connectivity index (χ4v) is 3.69. The predicted octanol–water partition coefficient (Wildman–Crippen LogP) is 0.393. The minimum absolute atomic E-state index is 0.115. The van der Waals surface area contributed by atoms with Gasteiger partial charge in [-0.3, -0.25) is 4.90 Å². The summed E-state index contributed by atoms with van der Waals surface area (Å²) < 4.78 is 26.3. The number of oxime groups is 1. The molecule has 21 heavy (non-hydrogen) atoms. The van der Waals surface area contributed by atoms with Gasteiger partial charge in [-0.05, 0) is 24.3 Å². The summed E-state index contributed by atoms with van der Waals surface area (Å²) in [6.45, 7) is 2.12. The Morgan fingerprint density at radius 2 is 1.81 bits per heavy atom. The maximum atomic E-state index is 12.5. The van der Waals surface area contributed by atoms with Gasteiger partial charge < -0.3 is 10.9 Å². The fourth-order valence-electron chi connectivity index (χ4n) is 2.14. The Kier molecular flexibility index (Phi) is 5.04. The zero-order valence-electron chi connectivity index (χ0n) is 11.3. The number of benzene rings is 1. The standard InChI is InChI=1S/C12H17ClN4O3S/c13-10-1-3-11(4-2-10)21(19,20)17-7-5-16(6-8-17)9-12(14)15-18/h1-4,18H,5-9H2,(H2,14,15). The van der Waals surface area contributed by atoms with Crippen LogP contribution in [0.5, 0.6) is 0 Å². The second-order valence-electron chi connectivity index (χ2n) is 4.73. The Balaban J connectivity index is 2.02. The smallest absolute Gasteiger partial charge is 0.243 e. The van der Waals surface area contributed by atoms with Crippen LogP contribution < -0.4 is 5.73 Å². The number of hydrogen-bond donors (Lipinski definition) is 2. The Bertz CT molecular complexity index is 610. The van der Waals surface area contributed by atoms with Crippen molar-refractivity contribution in [3.8, 4) is 0 Å². The first-order chi connectivity index (χ1) is 9.93. The fraction of sp³-hybridized carbons (Fsp3) is 0.417. The molecule has 2 rings (SSSR count). The van der Waals surface area contributed by atoms with E-state index in [1.165, 1.54) is 16.4 Å². The van der Waals surface area contributed by atoms with E-state index in [2.05, 4.69) is 5.16 Å². The zero-order chi connectivity index (χ0) is 15.5. The average Bonchev–Trinajstić information content (AvgIpc) is 2.48. The summed E-state index contributed by atoms with van der Waals surface area (Å²) in [5.74, 6) is 0.115. The van der Waals surface area contributed by atoms with Gasteiger partial charge in [0.15, 0.2) is 5.84 Å². The number of piperazine rings is 1. The van der Waals surface area contributed by atoms with Gasteiger partial charge in [0.05, 0.1) is 11.4 Å². The van der Waals surface area contributed by atoms with Crippen molar-refractivity contribution < 1.29 is 13.6 Å². The molecule has 1 aliphatic rings. The van der Waals surface area contributed by atoms with Gasteiger partial charge in [-0.2, -0.15) is 4.31 Å². The van der Waals surface area contributed by atoms with Crippen molar-refractivity contribution >= 4 is 27.5 Å². The van der Waals surface area contributed by atoms with E-state index in [0.717, 1.165) is 0 Å². The normalized spacial score (nSPS) is 18.8. The lowest BCUT2D eigenvalue weighted by atomic mass is 10.3. The topological polar surface area (TPSA) is 99.2 Å². The van der Waals surface area contributed by atoms with E-state index in [9.17, 15) is 8.42 Å². The molecule has 0 aliphatic carbocycles. The molecule has 0 spiro atoms. The quantitative estimate of drug-likeness (QED) is 0.360. The van der Waals surface area contributed by atoms with Gasteiger partial charge in [0, 0.05) is 31.2 Å². The van der Waals surface area contributed by atoms with Crippen molar-refractivity contribution in [2.24, 2.45) is 10.9 Å². The van der Waals surface area contributed by atoms with Crippen LogP contribution in [0.1, 0.15) is 0 Å². The number of halogens is 1. The molecule has 1 fully saturated rings. The van der Waals surface area contributed by atoms with Crippen molar-refractivity contribution in [2.45, 2.75) is 4.90 Å². The van der Waals surface area contributed by atoms with Gasteiger partial charge in [0.2, 0.25) is 10.0 Å². The monoisotopic (exact) mass is 332 g/mol. The van der Waals surface area contributed by atoms with Crippen molar-refractivity contribution in [3.05, 3.63) is 29.3 Å². The van der Waals surface area contributed by atoms with Gasteiger partial charge in [0.1, 0.15) is 0 Å². The molecular formula is C12H17ClN4O3S. The van der Waals surface area contributed by atoms with Crippen LogP contribution in [-0.2, 0) is 10.0 Å². The highest BCUT2D eigenvalue weighted by atomic mass is 35.5. The molecule has 0 saturated carbocycles. The van der Waals surface area contributed by atoms with Gasteiger partial charge in [-0.25, -0.2) is 8.42 Å². The molecule has 1 aromatic rings. The predicted molar refractivity (Wildman–Crippen MR) is 80.1 cm³/mol. The Morgan fingerprint density at radius 3 is 2.33 bits per heavy atom. The molecule has 1 heterocycles. The summed E-state index contributed by atoms with van der Waals surface area (Å²) in [5.41, 5.74) is 5.44. The second kappa shape index (κ2) is 6.61. The number of nitrogens with zero attached hydrogens (tertiary/aromatic N) is 3. The average molecular weight is 333 g/mol. The van der Waals surface area contributed by atoms with Crippen LogP contribution in [0.15, 0.2) is 34.3 Å². The maximum Gasteiger partial charge on any atom is 0.243 e. The van der Waals surface area contributed by atoms with E-state index >= 15 is 0 Å². The minimum atomic E-state index is -3.50. The highest BCUT2D eigenvalue weighted by Gasteiger charge is 2.28. The third-order valence-corrected chi connectivity index (χ3v) is 5.46. The lowest BCUT2D eigenvalue weighted by Gasteiger charge is -2.33.